The van der Waals surface area contributed by atoms with E-state index in [1.54, 1.807) is 6.07 Å². The smallest absolute Gasteiger partial charge is 0.261 e. The second-order valence-corrected chi connectivity index (χ2v) is 6.28. The second kappa shape index (κ2) is 5.00. The SMILES string of the molecule is O=S(=O)(Nc1ccc(F)c(F)c1)c1ccc2c(c1)CCO2. The molecule has 0 spiro atoms. The number of hydrogen-bond donors (Lipinski definition) is 1. The highest BCUT2D eigenvalue weighted by Crippen LogP contribution is 2.28. The lowest BCUT2D eigenvalue weighted by Gasteiger charge is -2.09. The number of ether oxygens (including phenoxy) is 1. The zero-order valence-corrected chi connectivity index (χ0v) is 11.6. The van der Waals surface area contributed by atoms with Gasteiger partial charge in [0, 0.05) is 12.5 Å². The van der Waals surface area contributed by atoms with Crippen LogP contribution >= 0.6 is 0 Å². The summed E-state index contributed by atoms with van der Waals surface area (Å²) in [4.78, 5) is 0.0523. The van der Waals surface area contributed by atoms with Crippen molar-refractivity contribution in [3.8, 4) is 5.75 Å². The van der Waals surface area contributed by atoms with Crippen LogP contribution in [0.2, 0.25) is 0 Å². The van der Waals surface area contributed by atoms with Crippen LogP contribution in [0.15, 0.2) is 41.3 Å². The first-order valence-corrected chi connectivity index (χ1v) is 7.68. The molecule has 0 saturated carbocycles. The Kier molecular flexibility index (Phi) is 3.29. The van der Waals surface area contributed by atoms with Crippen molar-refractivity contribution in [2.24, 2.45) is 0 Å². The molecule has 1 heterocycles. The molecular formula is C14H11F2NO3S. The lowest BCUT2D eigenvalue weighted by atomic mass is 10.2. The summed E-state index contributed by atoms with van der Waals surface area (Å²) in [6.07, 6.45) is 0.643. The lowest BCUT2D eigenvalue weighted by Crippen LogP contribution is -2.13. The Morgan fingerprint density at radius 3 is 2.62 bits per heavy atom. The quantitative estimate of drug-likeness (QED) is 0.948. The molecule has 0 saturated heterocycles. The number of nitrogens with one attached hydrogen (secondary N) is 1. The predicted octanol–water partition coefficient (Wildman–Crippen LogP) is 2.70. The van der Waals surface area contributed by atoms with Crippen molar-refractivity contribution in [3.63, 3.8) is 0 Å². The van der Waals surface area contributed by atoms with Crippen LogP contribution in [0.1, 0.15) is 5.56 Å². The summed E-state index contributed by atoms with van der Waals surface area (Å²) in [7, 11) is -3.86. The van der Waals surface area contributed by atoms with E-state index in [9.17, 15) is 17.2 Å². The van der Waals surface area contributed by atoms with Gasteiger partial charge in [0.15, 0.2) is 11.6 Å². The van der Waals surface area contributed by atoms with Gasteiger partial charge in [0.2, 0.25) is 0 Å². The topological polar surface area (TPSA) is 55.4 Å². The number of halogens is 2. The molecule has 0 aromatic heterocycles. The molecule has 0 aliphatic carbocycles. The molecule has 0 amide bonds. The fourth-order valence-corrected chi connectivity index (χ4v) is 3.20. The summed E-state index contributed by atoms with van der Waals surface area (Å²) in [5.74, 6) is -1.48. The maximum Gasteiger partial charge on any atom is 0.261 e. The molecule has 3 rings (SSSR count). The van der Waals surface area contributed by atoms with E-state index in [4.69, 9.17) is 4.74 Å². The number of rotatable bonds is 3. The molecule has 1 aliphatic heterocycles. The first-order chi connectivity index (χ1) is 9.95. The Morgan fingerprint density at radius 1 is 1.05 bits per heavy atom. The number of sulfonamides is 1. The van der Waals surface area contributed by atoms with Gasteiger partial charge in [0.05, 0.1) is 17.2 Å². The van der Waals surface area contributed by atoms with E-state index >= 15 is 0 Å². The second-order valence-electron chi connectivity index (χ2n) is 4.60. The van der Waals surface area contributed by atoms with E-state index in [1.165, 1.54) is 12.1 Å². The van der Waals surface area contributed by atoms with Crippen LogP contribution in [-0.2, 0) is 16.4 Å². The van der Waals surface area contributed by atoms with Gasteiger partial charge in [-0.05, 0) is 35.9 Å². The monoisotopic (exact) mass is 311 g/mol. The molecule has 1 N–H and O–H groups in total. The van der Waals surface area contributed by atoms with Crippen LogP contribution in [0.5, 0.6) is 5.75 Å². The third kappa shape index (κ3) is 2.69. The summed E-state index contributed by atoms with van der Waals surface area (Å²) in [6.45, 7) is 0.523. The van der Waals surface area contributed by atoms with Crippen LogP contribution in [0, 0.1) is 11.6 Å². The van der Waals surface area contributed by atoms with Gasteiger partial charge in [-0.25, -0.2) is 17.2 Å². The van der Waals surface area contributed by atoms with Gasteiger partial charge < -0.3 is 4.74 Å². The van der Waals surface area contributed by atoms with Gasteiger partial charge in [0.1, 0.15) is 5.75 Å². The van der Waals surface area contributed by atoms with Crippen molar-refractivity contribution in [2.45, 2.75) is 11.3 Å². The standard InChI is InChI=1S/C14H11F2NO3S/c15-12-3-1-10(8-13(12)16)17-21(18,19)11-2-4-14-9(7-11)5-6-20-14/h1-4,7-8,17H,5-6H2. The van der Waals surface area contributed by atoms with E-state index in [1.807, 2.05) is 0 Å². The lowest BCUT2D eigenvalue weighted by molar-refractivity contribution is 0.356. The molecule has 4 nitrogen and oxygen atoms in total. The predicted molar refractivity (Wildman–Crippen MR) is 72.8 cm³/mol. The number of anilines is 1. The fourth-order valence-electron chi connectivity index (χ4n) is 2.10. The van der Waals surface area contributed by atoms with Crippen LogP contribution < -0.4 is 9.46 Å². The van der Waals surface area contributed by atoms with Gasteiger partial charge >= 0.3 is 0 Å². The first kappa shape index (κ1) is 13.8. The Balaban J connectivity index is 1.91. The Morgan fingerprint density at radius 2 is 1.86 bits per heavy atom. The van der Waals surface area contributed by atoms with Gasteiger partial charge in [-0.1, -0.05) is 0 Å². The number of hydrogen-bond acceptors (Lipinski definition) is 3. The number of fused-ring (bicyclic) bond motifs is 1. The van der Waals surface area contributed by atoms with Gasteiger partial charge in [-0.15, -0.1) is 0 Å². The molecule has 0 bridgehead atoms. The van der Waals surface area contributed by atoms with Crippen LogP contribution in [0.25, 0.3) is 0 Å². The molecular weight excluding hydrogens is 300 g/mol. The highest BCUT2D eigenvalue weighted by Gasteiger charge is 2.19. The minimum absolute atomic E-state index is 0.0364. The zero-order valence-electron chi connectivity index (χ0n) is 10.8. The van der Waals surface area contributed by atoms with Gasteiger partial charge in [-0.3, -0.25) is 4.72 Å². The molecule has 0 radical (unpaired) electrons. The molecule has 21 heavy (non-hydrogen) atoms. The molecule has 0 unspecified atom stereocenters. The van der Waals surface area contributed by atoms with Crippen molar-refractivity contribution in [1.82, 2.24) is 0 Å². The minimum atomic E-state index is -3.86. The van der Waals surface area contributed by atoms with E-state index in [-0.39, 0.29) is 10.6 Å². The molecule has 2 aromatic carbocycles. The largest absolute Gasteiger partial charge is 0.493 e. The summed E-state index contributed by atoms with van der Waals surface area (Å²) < 4.78 is 57.9. The van der Waals surface area contributed by atoms with Crippen molar-refractivity contribution in [3.05, 3.63) is 53.6 Å². The van der Waals surface area contributed by atoms with Crippen molar-refractivity contribution >= 4 is 15.7 Å². The van der Waals surface area contributed by atoms with Gasteiger partial charge in [0.25, 0.3) is 10.0 Å². The third-order valence-corrected chi connectivity index (χ3v) is 4.52. The van der Waals surface area contributed by atoms with Gasteiger partial charge in [-0.2, -0.15) is 0 Å². The van der Waals surface area contributed by atoms with Crippen molar-refractivity contribution in [2.75, 3.05) is 11.3 Å². The van der Waals surface area contributed by atoms with Crippen molar-refractivity contribution in [1.29, 1.82) is 0 Å². The Bertz CT molecular complexity index is 806. The van der Waals surface area contributed by atoms with Crippen LogP contribution in [0.4, 0.5) is 14.5 Å². The zero-order chi connectivity index (χ0) is 15.0. The first-order valence-electron chi connectivity index (χ1n) is 6.19. The molecule has 2 aromatic rings. The summed E-state index contributed by atoms with van der Waals surface area (Å²) in [5, 5.41) is 0. The molecule has 0 fully saturated rings. The average Bonchev–Trinajstić information content (AvgIpc) is 2.90. The Labute approximate surface area is 120 Å². The molecule has 1 aliphatic rings. The molecule has 0 atom stereocenters. The molecule has 110 valence electrons. The van der Waals surface area contributed by atoms with E-state index in [2.05, 4.69) is 4.72 Å². The summed E-state index contributed by atoms with van der Waals surface area (Å²) in [6, 6.07) is 7.33. The highest BCUT2D eigenvalue weighted by molar-refractivity contribution is 7.92. The van der Waals surface area contributed by atoms with E-state index in [0.29, 0.717) is 18.8 Å². The maximum atomic E-state index is 13.1. The third-order valence-electron chi connectivity index (χ3n) is 3.14. The van der Waals surface area contributed by atoms with E-state index in [0.717, 1.165) is 23.8 Å². The summed E-state index contributed by atoms with van der Waals surface area (Å²) in [5.41, 5.74) is 0.772. The average molecular weight is 311 g/mol. The minimum Gasteiger partial charge on any atom is -0.493 e. The fraction of sp³-hybridized carbons (Fsp3) is 0.143. The number of benzene rings is 2. The summed E-state index contributed by atoms with van der Waals surface area (Å²) >= 11 is 0. The molecule has 7 heteroatoms. The Hall–Kier alpha value is -2.15. The maximum absolute atomic E-state index is 13.1. The van der Waals surface area contributed by atoms with Crippen LogP contribution in [-0.4, -0.2) is 15.0 Å². The highest BCUT2D eigenvalue weighted by atomic mass is 32.2. The van der Waals surface area contributed by atoms with E-state index < -0.39 is 21.7 Å². The van der Waals surface area contributed by atoms with Crippen molar-refractivity contribution < 1.29 is 21.9 Å². The van der Waals surface area contributed by atoms with Crippen LogP contribution in [0.3, 0.4) is 0 Å². The normalized spacial score (nSPS) is 13.6.